The Morgan fingerprint density at radius 3 is 2.19 bits per heavy atom. The van der Waals surface area contributed by atoms with Gasteiger partial charge in [-0.3, -0.25) is 4.90 Å². The van der Waals surface area contributed by atoms with E-state index in [-0.39, 0.29) is 5.75 Å². The third-order valence-corrected chi connectivity index (χ3v) is 5.54. The van der Waals surface area contributed by atoms with Gasteiger partial charge in [0, 0.05) is 12.1 Å². The van der Waals surface area contributed by atoms with Crippen molar-refractivity contribution in [1.29, 1.82) is 0 Å². The largest absolute Gasteiger partial charge is 0.508 e. The summed E-state index contributed by atoms with van der Waals surface area (Å²) < 4.78 is 17.5. The molecule has 0 spiro atoms. The molecule has 1 aliphatic rings. The van der Waals surface area contributed by atoms with Crippen LogP contribution in [-0.4, -0.2) is 43.4 Å². The van der Waals surface area contributed by atoms with Crippen molar-refractivity contribution in [2.45, 2.75) is 19.3 Å². The maximum Gasteiger partial charge on any atom is 0.135 e. The lowest BCUT2D eigenvalue weighted by Crippen LogP contribution is -2.33. The highest BCUT2D eigenvalue weighted by Gasteiger charge is 2.11. The predicted octanol–water partition coefficient (Wildman–Crippen LogP) is 5.72. The molecule has 0 amide bonds. The lowest BCUT2D eigenvalue weighted by Gasteiger charge is -2.26. The van der Waals surface area contributed by atoms with E-state index >= 15 is 0 Å². The first-order valence-electron chi connectivity index (χ1n) is 10.8. The molecule has 1 saturated heterocycles. The van der Waals surface area contributed by atoms with E-state index in [9.17, 15) is 5.11 Å². The highest BCUT2D eigenvalue weighted by molar-refractivity contribution is 5.73. The lowest BCUT2D eigenvalue weighted by molar-refractivity contribution is 0.183. The molecule has 0 radical (unpaired) electrons. The number of nitrogens with zero attached hydrogens (tertiary/aromatic N) is 1. The van der Waals surface area contributed by atoms with Gasteiger partial charge in [0.05, 0.1) is 7.11 Å². The molecule has 162 valence electrons. The van der Waals surface area contributed by atoms with Gasteiger partial charge in [-0.25, -0.2) is 0 Å². The van der Waals surface area contributed by atoms with E-state index < -0.39 is 0 Å². The number of aromatic hydroxyl groups is 1. The molecular weight excluding hydrogens is 390 g/mol. The van der Waals surface area contributed by atoms with E-state index in [1.165, 1.54) is 32.4 Å². The van der Waals surface area contributed by atoms with Gasteiger partial charge in [-0.2, -0.15) is 0 Å². The van der Waals surface area contributed by atoms with Gasteiger partial charge in [0.15, 0.2) is 0 Å². The molecule has 0 saturated carbocycles. The van der Waals surface area contributed by atoms with Gasteiger partial charge in [-0.05, 0) is 86.1 Å². The van der Waals surface area contributed by atoms with Crippen LogP contribution in [0.25, 0.3) is 11.1 Å². The van der Waals surface area contributed by atoms with Gasteiger partial charge < -0.3 is 19.3 Å². The molecule has 3 aromatic rings. The van der Waals surface area contributed by atoms with Gasteiger partial charge in [0.1, 0.15) is 35.4 Å². The molecular formula is C26H29NO4. The summed E-state index contributed by atoms with van der Waals surface area (Å²) in [5, 5.41) is 9.60. The fourth-order valence-electron chi connectivity index (χ4n) is 3.80. The van der Waals surface area contributed by atoms with Crippen LogP contribution in [0, 0.1) is 0 Å². The van der Waals surface area contributed by atoms with E-state index in [1.807, 2.05) is 54.6 Å². The maximum atomic E-state index is 9.60. The molecule has 4 rings (SSSR count). The first kappa shape index (κ1) is 21.1. The molecule has 0 aromatic heterocycles. The monoisotopic (exact) mass is 419 g/mol. The summed E-state index contributed by atoms with van der Waals surface area (Å²) in [6.45, 7) is 4.03. The normalized spacial score (nSPS) is 14.2. The van der Waals surface area contributed by atoms with Gasteiger partial charge in [-0.15, -0.1) is 0 Å². The van der Waals surface area contributed by atoms with Crippen molar-refractivity contribution >= 4 is 0 Å². The number of phenols is 1. The number of likely N-dealkylation sites (tertiary alicyclic amines) is 1. The molecule has 0 unspecified atom stereocenters. The standard InChI is InChI=1S/C26H29NO4/c1-29-24-13-14-26(25(19-24)20-5-7-21(28)8-6-20)31-23-11-9-22(10-12-23)30-18-17-27-15-3-2-4-16-27/h5-14,19,28H,2-4,15-18H2,1H3. The van der Waals surface area contributed by atoms with E-state index in [1.54, 1.807) is 19.2 Å². The van der Waals surface area contributed by atoms with Crippen LogP contribution in [-0.2, 0) is 0 Å². The average molecular weight is 420 g/mol. The zero-order valence-corrected chi connectivity index (χ0v) is 17.9. The third-order valence-electron chi connectivity index (χ3n) is 5.54. The van der Waals surface area contributed by atoms with Crippen LogP contribution in [0.1, 0.15) is 19.3 Å². The van der Waals surface area contributed by atoms with Gasteiger partial charge in [0.2, 0.25) is 0 Å². The smallest absolute Gasteiger partial charge is 0.135 e. The van der Waals surface area contributed by atoms with E-state index in [0.717, 1.165) is 34.9 Å². The first-order chi connectivity index (χ1) is 15.2. The molecule has 0 bridgehead atoms. The van der Waals surface area contributed by atoms with Crippen molar-refractivity contribution in [3.05, 3.63) is 66.7 Å². The van der Waals surface area contributed by atoms with Crippen LogP contribution in [0.5, 0.6) is 28.7 Å². The molecule has 1 fully saturated rings. The summed E-state index contributed by atoms with van der Waals surface area (Å²) >= 11 is 0. The maximum absolute atomic E-state index is 9.60. The molecule has 1 heterocycles. The predicted molar refractivity (Wildman–Crippen MR) is 122 cm³/mol. The minimum Gasteiger partial charge on any atom is -0.508 e. The Bertz CT molecular complexity index is 964. The highest BCUT2D eigenvalue weighted by Crippen LogP contribution is 2.37. The first-order valence-corrected chi connectivity index (χ1v) is 10.8. The highest BCUT2D eigenvalue weighted by atomic mass is 16.5. The van der Waals surface area contributed by atoms with Gasteiger partial charge in [-0.1, -0.05) is 18.6 Å². The second kappa shape index (κ2) is 10.2. The number of phenolic OH excluding ortho intramolecular Hbond substituents is 1. The molecule has 31 heavy (non-hydrogen) atoms. The van der Waals surface area contributed by atoms with Gasteiger partial charge in [0.25, 0.3) is 0 Å². The number of piperidine rings is 1. The van der Waals surface area contributed by atoms with Crippen LogP contribution in [0.2, 0.25) is 0 Å². The van der Waals surface area contributed by atoms with E-state index in [2.05, 4.69) is 4.90 Å². The van der Waals surface area contributed by atoms with Crippen molar-refractivity contribution < 1.29 is 19.3 Å². The topological polar surface area (TPSA) is 51.2 Å². The van der Waals surface area contributed by atoms with Crippen molar-refractivity contribution in [3.63, 3.8) is 0 Å². The second-order valence-corrected chi connectivity index (χ2v) is 7.73. The fraction of sp³-hybridized carbons (Fsp3) is 0.308. The zero-order chi connectivity index (χ0) is 21.5. The minimum absolute atomic E-state index is 0.227. The Balaban J connectivity index is 1.42. The molecule has 5 heteroatoms. The number of hydrogen-bond acceptors (Lipinski definition) is 5. The Labute approximate surface area is 183 Å². The number of ether oxygens (including phenoxy) is 3. The molecule has 3 aromatic carbocycles. The summed E-state index contributed by atoms with van der Waals surface area (Å²) in [7, 11) is 1.64. The van der Waals surface area contributed by atoms with E-state index in [0.29, 0.717) is 12.4 Å². The Kier molecular flexibility index (Phi) is 6.95. The van der Waals surface area contributed by atoms with Crippen LogP contribution >= 0.6 is 0 Å². The molecule has 1 N–H and O–H groups in total. The third kappa shape index (κ3) is 5.70. The van der Waals surface area contributed by atoms with Crippen molar-refractivity contribution in [2.24, 2.45) is 0 Å². The summed E-state index contributed by atoms with van der Waals surface area (Å²) in [6.07, 6.45) is 3.94. The Morgan fingerprint density at radius 1 is 0.806 bits per heavy atom. The van der Waals surface area contributed by atoms with Crippen molar-refractivity contribution in [3.8, 4) is 39.9 Å². The number of hydrogen-bond donors (Lipinski definition) is 1. The quantitative estimate of drug-likeness (QED) is 0.506. The molecule has 0 aliphatic carbocycles. The summed E-state index contributed by atoms with van der Waals surface area (Å²) in [5.41, 5.74) is 1.82. The van der Waals surface area contributed by atoms with Crippen LogP contribution < -0.4 is 14.2 Å². The summed E-state index contributed by atoms with van der Waals surface area (Å²) in [5.74, 6) is 3.26. The van der Waals surface area contributed by atoms with Gasteiger partial charge >= 0.3 is 0 Å². The summed E-state index contributed by atoms with van der Waals surface area (Å²) in [6, 6.07) is 20.4. The fourth-order valence-corrected chi connectivity index (χ4v) is 3.80. The molecule has 5 nitrogen and oxygen atoms in total. The molecule has 1 aliphatic heterocycles. The number of methoxy groups -OCH3 is 1. The van der Waals surface area contributed by atoms with Crippen LogP contribution in [0.15, 0.2) is 66.7 Å². The van der Waals surface area contributed by atoms with Crippen molar-refractivity contribution in [1.82, 2.24) is 4.90 Å². The zero-order valence-electron chi connectivity index (χ0n) is 17.9. The average Bonchev–Trinajstić information content (AvgIpc) is 2.82. The number of rotatable bonds is 8. The van der Waals surface area contributed by atoms with E-state index in [4.69, 9.17) is 14.2 Å². The van der Waals surface area contributed by atoms with Crippen LogP contribution in [0.4, 0.5) is 0 Å². The molecule has 0 atom stereocenters. The lowest BCUT2D eigenvalue weighted by atomic mass is 10.0. The van der Waals surface area contributed by atoms with Crippen LogP contribution in [0.3, 0.4) is 0 Å². The SMILES string of the molecule is COc1ccc(Oc2ccc(OCCN3CCCCC3)cc2)c(-c2ccc(O)cc2)c1. The Hall–Kier alpha value is -3.18. The second-order valence-electron chi connectivity index (χ2n) is 7.73. The van der Waals surface area contributed by atoms with Crippen molar-refractivity contribution in [2.75, 3.05) is 33.4 Å². The Morgan fingerprint density at radius 2 is 1.48 bits per heavy atom. The number of benzene rings is 3. The minimum atomic E-state index is 0.227. The summed E-state index contributed by atoms with van der Waals surface area (Å²) in [4.78, 5) is 2.47.